The molecule has 0 amide bonds. The third kappa shape index (κ3) is 6.09. The van der Waals surface area contributed by atoms with E-state index in [1.54, 1.807) is 26.0 Å². The molecule has 0 radical (unpaired) electrons. The van der Waals surface area contributed by atoms with E-state index in [1.165, 1.54) is 24.3 Å². The average Bonchev–Trinajstić information content (AvgIpc) is 2.64. The molecule has 0 saturated carbocycles. The number of nitro benzene ring substituents is 1. The van der Waals surface area contributed by atoms with Crippen LogP contribution in [-0.2, 0) is 13.6 Å². The number of benzene rings is 2. The number of anilines is 1. The maximum Gasteiger partial charge on any atom is 0.332 e. The highest BCUT2D eigenvalue weighted by Gasteiger charge is 2.22. The summed E-state index contributed by atoms with van der Waals surface area (Å²) in [7, 11) is -3.25. The van der Waals surface area contributed by atoms with Crippen LogP contribution in [0.4, 0.5) is 11.4 Å². The van der Waals surface area contributed by atoms with Gasteiger partial charge in [-0.1, -0.05) is 30.1 Å². The van der Waals surface area contributed by atoms with Gasteiger partial charge in [0.25, 0.3) is 5.69 Å². The van der Waals surface area contributed by atoms with E-state index in [4.69, 9.17) is 37.0 Å². The van der Waals surface area contributed by atoms with E-state index in [0.717, 1.165) is 0 Å². The number of rotatable bonds is 10. The molecule has 2 aromatic carbocycles. The number of nitro groups is 1. The first-order chi connectivity index (χ1) is 13.3. The summed E-state index contributed by atoms with van der Waals surface area (Å²) in [5, 5.41) is 14.8. The van der Waals surface area contributed by atoms with Crippen molar-refractivity contribution >= 4 is 42.2 Å². The molecule has 0 heterocycles. The largest absolute Gasteiger partial charge is 0.456 e. The van der Waals surface area contributed by atoms with Gasteiger partial charge in [0.05, 0.1) is 16.6 Å². The summed E-state index contributed by atoms with van der Waals surface area (Å²) in [6.07, 6.45) is 0.183. The Kier molecular flexibility index (Phi) is 8.10. The van der Waals surface area contributed by atoms with Crippen LogP contribution in [0.5, 0.6) is 11.5 Å². The fourth-order valence-corrected chi connectivity index (χ4v) is 3.73. The van der Waals surface area contributed by atoms with Crippen LogP contribution in [0.3, 0.4) is 0 Å². The number of halogens is 2. The molecule has 11 heteroatoms. The SMILES string of the molecule is CCOP(=O)(CC)OCNc1cc(Oc2ccc(Cl)cc2Cl)ccc1[N+](=O)[O-]. The molecular weight excluding hydrogens is 430 g/mol. The fraction of sp³-hybridized carbons (Fsp3) is 0.294. The van der Waals surface area contributed by atoms with Gasteiger partial charge in [-0.25, -0.2) is 0 Å². The third-order valence-corrected chi connectivity index (χ3v) is 6.00. The molecule has 28 heavy (non-hydrogen) atoms. The standard InChI is InChI=1S/C17H19Cl2N2O6P/c1-3-25-28(24,4-2)26-11-20-15-10-13(6-7-16(15)21(22)23)27-17-8-5-12(18)9-14(17)19/h5-10,20H,3-4,11H2,1-2H3. The van der Waals surface area contributed by atoms with Crippen molar-refractivity contribution in [1.82, 2.24) is 0 Å². The number of nitrogens with zero attached hydrogens (tertiary/aromatic N) is 1. The highest BCUT2D eigenvalue weighted by molar-refractivity contribution is 7.53. The maximum atomic E-state index is 12.3. The quantitative estimate of drug-likeness (QED) is 0.196. The van der Waals surface area contributed by atoms with Gasteiger partial charge in [-0.15, -0.1) is 0 Å². The van der Waals surface area contributed by atoms with Gasteiger partial charge in [-0.3, -0.25) is 19.2 Å². The Morgan fingerprint density at radius 3 is 2.50 bits per heavy atom. The number of ether oxygens (including phenoxy) is 1. The lowest BCUT2D eigenvalue weighted by molar-refractivity contribution is -0.384. The van der Waals surface area contributed by atoms with Crippen LogP contribution in [0, 0.1) is 10.1 Å². The van der Waals surface area contributed by atoms with Gasteiger partial charge in [0.1, 0.15) is 23.9 Å². The summed E-state index contributed by atoms with van der Waals surface area (Å²) in [6, 6.07) is 8.85. The number of hydrogen-bond donors (Lipinski definition) is 1. The van der Waals surface area contributed by atoms with Crippen LogP contribution in [0.15, 0.2) is 36.4 Å². The minimum absolute atomic E-state index is 0.131. The lowest BCUT2D eigenvalue weighted by atomic mass is 10.2. The summed E-state index contributed by atoms with van der Waals surface area (Å²) in [5.41, 5.74) is -0.0624. The minimum Gasteiger partial charge on any atom is -0.456 e. The van der Waals surface area contributed by atoms with Crippen LogP contribution < -0.4 is 10.1 Å². The summed E-state index contributed by atoms with van der Waals surface area (Å²) in [5.74, 6) is 0.648. The molecule has 0 spiro atoms. The predicted molar refractivity (Wildman–Crippen MR) is 109 cm³/mol. The van der Waals surface area contributed by atoms with Crippen molar-refractivity contribution < 1.29 is 23.3 Å². The van der Waals surface area contributed by atoms with Gasteiger partial charge in [-0.2, -0.15) is 0 Å². The summed E-state index contributed by atoms with van der Waals surface area (Å²) < 4.78 is 28.4. The van der Waals surface area contributed by atoms with E-state index in [0.29, 0.717) is 21.5 Å². The van der Waals surface area contributed by atoms with Crippen LogP contribution in [0.25, 0.3) is 0 Å². The van der Waals surface area contributed by atoms with Gasteiger partial charge in [0, 0.05) is 23.3 Å². The van der Waals surface area contributed by atoms with Crippen molar-refractivity contribution in [2.24, 2.45) is 0 Å². The molecule has 8 nitrogen and oxygen atoms in total. The Hall–Kier alpha value is -1.83. The number of nitrogens with one attached hydrogen (secondary N) is 1. The lowest BCUT2D eigenvalue weighted by Crippen LogP contribution is -2.09. The summed E-state index contributed by atoms with van der Waals surface area (Å²) in [6.45, 7) is 3.36. The first-order valence-electron chi connectivity index (χ1n) is 8.31. The molecule has 1 atom stereocenters. The van der Waals surface area contributed by atoms with Gasteiger partial charge in [0.15, 0.2) is 0 Å². The predicted octanol–water partition coefficient (Wildman–Crippen LogP) is 6.33. The molecule has 152 valence electrons. The highest BCUT2D eigenvalue weighted by Crippen LogP contribution is 2.47. The van der Waals surface area contributed by atoms with E-state index in [2.05, 4.69) is 5.32 Å². The first kappa shape index (κ1) is 22.5. The summed E-state index contributed by atoms with van der Waals surface area (Å²) in [4.78, 5) is 10.7. The minimum atomic E-state index is -3.25. The molecule has 2 rings (SSSR count). The van der Waals surface area contributed by atoms with Crippen LogP contribution in [-0.4, -0.2) is 24.4 Å². The zero-order valence-corrected chi connectivity index (χ0v) is 17.6. The van der Waals surface area contributed by atoms with E-state index >= 15 is 0 Å². The van der Waals surface area contributed by atoms with Gasteiger partial charge >= 0.3 is 7.60 Å². The molecule has 0 aliphatic carbocycles. The molecule has 1 unspecified atom stereocenters. The molecule has 0 saturated heterocycles. The van der Waals surface area contributed by atoms with Gasteiger partial charge in [-0.05, 0) is 31.2 Å². The lowest BCUT2D eigenvalue weighted by Gasteiger charge is -2.17. The topological polar surface area (TPSA) is 99.9 Å². The molecule has 2 aromatic rings. The second kappa shape index (κ2) is 10.1. The Balaban J connectivity index is 2.18. The Labute approximate surface area is 172 Å². The van der Waals surface area contributed by atoms with Crippen LogP contribution >= 0.6 is 30.8 Å². The van der Waals surface area contributed by atoms with E-state index in [9.17, 15) is 14.7 Å². The van der Waals surface area contributed by atoms with Crippen molar-refractivity contribution in [2.45, 2.75) is 13.8 Å². The van der Waals surface area contributed by atoms with Crippen molar-refractivity contribution in [2.75, 3.05) is 24.8 Å². The zero-order valence-electron chi connectivity index (χ0n) is 15.2. The van der Waals surface area contributed by atoms with E-state index in [1.807, 2.05) is 0 Å². The highest BCUT2D eigenvalue weighted by atomic mass is 35.5. The smallest absolute Gasteiger partial charge is 0.332 e. The molecule has 0 aromatic heterocycles. The third-order valence-electron chi connectivity index (χ3n) is 3.52. The number of hydrogen-bond acceptors (Lipinski definition) is 7. The van der Waals surface area contributed by atoms with Crippen molar-refractivity contribution in [1.29, 1.82) is 0 Å². The Morgan fingerprint density at radius 1 is 1.14 bits per heavy atom. The molecular formula is C17H19Cl2N2O6P. The second-order valence-electron chi connectivity index (χ2n) is 5.41. The Bertz CT molecular complexity index is 896. The molecule has 1 N–H and O–H groups in total. The molecule has 0 bridgehead atoms. The molecule has 0 aliphatic rings. The first-order valence-corrected chi connectivity index (χ1v) is 10.8. The normalized spacial score (nSPS) is 13.0. The maximum absolute atomic E-state index is 12.3. The Morgan fingerprint density at radius 2 is 1.89 bits per heavy atom. The zero-order chi connectivity index (χ0) is 20.7. The van der Waals surface area contributed by atoms with Gasteiger partial charge < -0.3 is 14.6 Å². The monoisotopic (exact) mass is 448 g/mol. The second-order valence-corrected chi connectivity index (χ2v) is 8.62. The molecule has 0 fully saturated rings. The van der Waals surface area contributed by atoms with E-state index in [-0.39, 0.29) is 30.9 Å². The van der Waals surface area contributed by atoms with Crippen molar-refractivity contribution in [3.63, 3.8) is 0 Å². The van der Waals surface area contributed by atoms with Gasteiger partial charge in [0.2, 0.25) is 0 Å². The van der Waals surface area contributed by atoms with Crippen molar-refractivity contribution in [3.8, 4) is 11.5 Å². The van der Waals surface area contributed by atoms with Crippen LogP contribution in [0.1, 0.15) is 13.8 Å². The summed E-state index contributed by atoms with van der Waals surface area (Å²) >= 11 is 11.9. The fourth-order valence-electron chi connectivity index (χ4n) is 2.19. The average molecular weight is 449 g/mol. The molecule has 0 aliphatic heterocycles. The van der Waals surface area contributed by atoms with Crippen LogP contribution in [0.2, 0.25) is 10.0 Å². The van der Waals surface area contributed by atoms with Crippen molar-refractivity contribution in [3.05, 3.63) is 56.6 Å². The van der Waals surface area contributed by atoms with E-state index < -0.39 is 12.5 Å².